The van der Waals surface area contributed by atoms with E-state index < -0.39 is 0 Å². The van der Waals surface area contributed by atoms with Crippen LogP contribution in [0.3, 0.4) is 0 Å². The Morgan fingerprint density at radius 3 is 2.83 bits per heavy atom. The number of aromatic nitrogens is 1. The summed E-state index contributed by atoms with van der Waals surface area (Å²) in [6, 6.07) is 0.554. The molecule has 2 N–H and O–H groups in total. The van der Waals surface area contributed by atoms with Gasteiger partial charge in [0, 0.05) is 29.1 Å². The third-order valence-corrected chi connectivity index (χ3v) is 6.36. The van der Waals surface area contributed by atoms with Crippen molar-refractivity contribution in [1.82, 2.24) is 15.6 Å². The van der Waals surface area contributed by atoms with Crippen molar-refractivity contribution in [2.45, 2.75) is 70.7 Å². The summed E-state index contributed by atoms with van der Waals surface area (Å²) < 4.78 is 0. The molecule has 0 aromatic carbocycles. The van der Waals surface area contributed by atoms with E-state index in [-0.39, 0.29) is 24.0 Å². The number of hydrogen-bond acceptors (Lipinski definition) is 4. The number of rotatable bonds is 7. The zero-order chi connectivity index (χ0) is 16.7. The second-order valence-electron chi connectivity index (χ2n) is 6.26. The van der Waals surface area contributed by atoms with Crippen molar-refractivity contribution in [2.75, 3.05) is 12.3 Å². The molecule has 7 heteroatoms. The minimum Gasteiger partial charge on any atom is -0.357 e. The molecule has 4 nitrogen and oxygen atoms in total. The van der Waals surface area contributed by atoms with E-state index in [1.807, 2.05) is 0 Å². The highest BCUT2D eigenvalue weighted by Crippen LogP contribution is 2.29. The highest BCUT2D eigenvalue weighted by atomic mass is 127. The lowest BCUT2D eigenvalue weighted by Gasteiger charge is -2.17. The van der Waals surface area contributed by atoms with Crippen molar-refractivity contribution in [2.24, 2.45) is 4.99 Å². The molecule has 1 fully saturated rings. The van der Waals surface area contributed by atoms with Crippen molar-refractivity contribution in [3.8, 4) is 0 Å². The molecule has 0 amide bonds. The van der Waals surface area contributed by atoms with Gasteiger partial charge in [-0.05, 0) is 31.9 Å². The molecule has 1 aliphatic rings. The Hall–Kier alpha value is -0.0200. The van der Waals surface area contributed by atoms with Crippen molar-refractivity contribution in [3.05, 3.63) is 16.1 Å². The van der Waals surface area contributed by atoms with Crippen LogP contribution in [0, 0.1) is 0 Å². The van der Waals surface area contributed by atoms with Gasteiger partial charge in [0.2, 0.25) is 0 Å². The maximum Gasteiger partial charge on any atom is 0.191 e. The topological polar surface area (TPSA) is 49.3 Å². The molecule has 1 aromatic heterocycles. The highest BCUT2D eigenvalue weighted by Gasteiger charge is 2.25. The number of thiazole rings is 1. The normalized spacial score (nSPS) is 21.0. The number of guanidine groups is 1. The molecule has 2 unspecified atom stereocenters. The van der Waals surface area contributed by atoms with Gasteiger partial charge in [-0.3, -0.25) is 0 Å². The fourth-order valence-electron chi connectivity index (χ4n) is 2.79. The molecule has 0 bridgehead atoms. The third kappa shape index (κ3) is 7.07. The summed E-state index contributed by atoms with van der Waals surface area (Å²) in [5, 5.41) is 11.1. The van der Waals surface area contributed by atoms with Crippen molar-refractivity contribution in [1.29, 1.82) is 0 Å². The van der Waals surface area contributed by atoms with Crippen LogP contribution in [0.1, 0.15) is 63.6 Å². The second-order valence-corrected chi connectivity index (χ2v) is 8.73. The van der Waals surface area contributed by atoms with Crippen LogP contribution in [-0.4, -0.2) is 34.5 Å². The van der Waals surface area contributed by atoms with Crippen molar-refractivity contribution < 1.29 is 0 Å². The van der Waals surface area contributed by atoms with Gasteiger partial charge in [0.1, 0.15) is 0 Å². The third-order valence-electron chi connectivity index (χ3n) is 3.93. The molecule has 0 radical (unpaired) electrons. The molecule has 138 valence electrons. The van der Waals surface area contributed by atoms with E-state index in [0.29, 0.717) is 18.5 Å². The summed E-state index contributed by atoms with van der Waals surface area (Å²) in [4.78, 5) is 9.39. The number of nitrogens with zero attached hydrogens (tertiary/aromatic N) is 2. The Morgan fingerprint density at radius 2 is 2.21 bits per heavy atom. The number of nitrogens with one attached hydrogen (secondary N) is 2. The van der Waals surface area contributed by atoms with Crippen LogP contribution >= 0.6 is 47.1 Å². The first kappa shape index (κ1) is 22.0. The molecule has 2 rings (SSSR count). The number of aliphatic imine (C=N–C) groups is 1. The molecule has 1 heterocycles. The first-order valence-electron chi connectivity index (χ1n) is 8.73. The Balaban J connectivity index is 0.00000288. The van der Waals surface area contributed by atoms with Gasteiger partial charge in [0.05, 0.1) is 17.2 Å². The maximum absolute atomic E-state index is 4.72. The second kappa shape index (κ2) is 11.6. The molecule has 0 saturated heterocycles. The zero-order valence-electron chi connectivity index (χ0n) is 15.2. The van der Waals surface area contributed by atoms with Crippen LogP contribution in [0.25, 0.3) is 0 Å². The minimum absolute atomic E-state index is 0. The van der Waals surface area contributed by atoms with Crippen LogP contribution in [0.2, 0.25) is 0 Å². The van der Waals surface area contributed by atoms with Crippen molar-refractivity contribution >= 4 is 53.0 Å². The van der Waals surface area contributed by atoms with E-state index >= 15 is 0 Å². The Labute approximate surface area is 172 Å². The molecule has 2 atom stereocenters. The summed E-state index contributed by atoms with van der Waals surface area (Å²) in [6.07, 6.45) is 3.81. The number of thioether (sulfide) groups is 1. The molecule has 1 saturated carbocycles. The number of halogens is 1. The maximum atomic E-state index is 4.72. The van der Waals surface area contributed by atoms with E-state index in [9.17, 15) is 0 Å². The summed E-state index contributed by atoms with van der Waals surface area (Å²) in [5.41, 5.74) is 1.07. The standard InChI is InChI=1S/C17H30N4S2.HI/c1-5-18-17(21-13-7-8-15(9-13)22-6-2)19-10-14-11-23-16(20-14)12(3)4;/h11-13,15H,5-10H2,1-4H3,(H2,18,19,21);1H. The summed E-state index contributed by atoms with van der Waals surface area (Å²) in [6.45, 7) is 10.3. The average Bonchev–Trinajstić information content (AvgIpc) is 3.15. The van der Waals surface area contributed by atoms with Gasteiger partial charge in [-0.2, -0.15) is 11.8 Å². The van der Waals surface area contributed by atoms with E-state index in [1.165, 1.54) is 30.0 Å². The van der Waals surface area contributed by atoms with Crippen LogP contribution in [0.4, 0.5) is 0 Å². The van der Waals surface area contributed by atoms with Gasteiger partial charge in [-0.25, -0.2) is 9.98 Å². The molecule has 1 aliphatic carbocycles. The van der Waals surface area contributed by atoms with E-state index in [0.717, 1.165) is 23.4 Å². The molecular formula is C17H31IN4S2. The smallest absolute Gasteiger partial charge is 0.191 e. The monoisotopic (exact) mass is 482 g/mol. The molecular weight excluding hydrogens is 451 g/mol. The van der Waals surface area contributed by atoms with Gasteiger partial charge < -0.3 is 10.6 Å². The van der Waals surface area contributed by atoms with Gasteiger partial charge in [0.25, 0.3) is 0 Å². The summed E-state index contributed by atoms with van der Waals surface area (Å²) in [5.74, 6) is 2.64. The molecule has 1 aromatic rings. The SMILES string of the molecule is CCNC(=NCc1csc(C(C)C)n1)NC1CCC(SCC)C1.I. The lowest BCUT2D eigenvalue weighted by atomic mass is 10.2. The van der Waals surface area contributed by atoms with Gasteiger partial charge in [0.15, 0.2) is 5.96 Å². The quantitative estimate of drug-likeness (QED) is 0.339. The lowest BCUT2D eigenvalue weighted by molar-refractivity contribution is 0.614. The summed E-state index contributed by atoms with van der Waals surface area (Å²) in [7, 11) is 0. The Morgan fingerprint density at radius 1 is 1.42 bits per heavy atom. The van der Waals surface area contributed by atoms with Gasteiger partial charge in [-0.1, -0.05) is 20.8 Å². The number of hydrogen-bond donors (Lipinski definition) is 2. The van der Waals surface area contributed by atoms with Crippen LogP contribution < -0.4 is 10.6 Å². The predicted octanol–water partition coefficient (Wildman–Crippen LogP) is 4.61. The Kier molecular flexibility index (Phi) is 10.6. The van der Waals surface area contributed by atoms with Gasteiger partial charge >= 0.3 is 0 Å². The molecule has 0 aliphatic heterocycles. The minimum atomic E-state index is 0. The largest absolute Gasteiger partial charge is 0.357 e. The Bertz CT molecular complexity index is 505. The van der Waals surface area contributed by atoms with E-state index in [2.05, 4.69) is 60.5 Å². The fourth-order valence-corrected chi connectivity index (χ4v) is 4.76. The van der Waals surface area contributed by atoms with E-state index in [4.69, 9.17) is 4.99 Å². The first-order chi connectivity index (χ1) is 11.1. The highest BCUT2D eigenvalue weighted by molar-refractivity contribution is 14.0. The zero-order valence-corrected chi connectivity index (χ0v) is 19.1. The van der Waals surface area contributed by atoms with Crippen LogP contribution in [0.15, 0.2) is 10.4 Å². The van der Waals surface area contributed by atoms with Crippen LogP contribution in [-0.2, 0) is 6.54 Å². The molecule has 24 heavy (non-hydrogen) atoms. The lowest BCUT2D eigenvalue weighted by Crippen LogP contribution is -2.42. The predicted molar refractivity (Wildman–Crippen MR) is 119 cm³/mol. The van der Waals surface area contributed by atoms with Crippen molar-refractivity contribution in [3.63, 3.8) is 0 Å². The average molecular weight is 483 g/mol. The van der Waals surface area contributed by atoms with E-state index in [1.54, 1.807) is 11.3 Å². The molecule has 0 spiro atoms. The summed E-state index contributed by atoms with van der Waals surface area (Å²) >= 11 is 3.83. The van der Waals surface area contributed by atoms with Gasteiger partial charge in [-0.15, -0.1) is 35.3 Å². The fraction of sp³-hybridized carbons (Fsp3) is 0.765. The first-order valence-corrected chi connectivity index (χ1v) is 10.7. The van der Waals surface area contributed by atoms with Crippen LogP contribution in [0.5, 0.6) is 0 Å².